The van der Waals surface area contributed by atoms with Gasteiger partial charge in [-0.3, -0.25) is 19.2 Å². The van der Waals surface area contributed by atoms with Gasteiger partial charge in [-0.25, -0.2) is 8.42 Å². The third-order valence-corrected chi connectivity index (χ3v) is 6.69. The molecule has 0 spiro atoms. The zero-order valence-electron chi connectivity index (χ0n) is 14.5. The standard InChI is InChI=1S/C14H14Cl2N4O5S3/c1-25-12(22)7-26-14-19-18-13(27-14)17-11(21)6-20(28(2,23)24)10-5-8(15)3-4-9(10)16/h3-5H,6-7H2,1-2H3,(H,17,18,21). The molecule has 0 aliphatic heterocycles. The Kier molecular flexibility index (Phi) is 7.89. The van der Waals surface area contributed by atoms with Crippen LogP contribution in [0.2, 0.25) is 10.0 Å². The summed E-state index contributed by atoms with van der Waals surface area (Å²) in [6.07, 6.45) is 0.948. The number of carbonyl (C=O) groups excluding carboxylic acids is 2. The van der Waals surface area contributed by atoms with Gasteiger partial charge in [-0.1, -0.05) is 46.3 Å². The van der Waals surface area contributed by atoms with Crippen LogP contribution >= 0.6 is 46.3 Å². The van der Waals surface area contributed by atoms with Crippen LogP contribution in [0.4, 0.5) is 10.8 Å². The Bertz CT molecular complexity index is 983. The highest BCUT2D eigenvalue weighted by Gasteiger charge is 2.24. The van der Waals surface area contributed by atoms with Crippen molar-refractivity contribution in [1.29, 1.82) is 0 Å². The Balaban J connectivity index is 2.10. The van der Waals surface area contributed by atoms with Crippen molar-refractivity contribution in [1.82, 2.24) is 10.2 Å². The highest BCUT2D eigenvalue weighted by atomic mass is 35.5. The topological polar surface area (TPSA) is 119 Å². The van der Waals surface area contributed by atoms with Gasteiger partial charge in [0.25, 0.3) is 0 Å². The van der Waals surface area contributed by atoms with Crippen LogP contribution in [0.5, 0.6) is 0 Å². The van der Waals surface area contributed by atoms with E-state index in [2.05, 4.69) is 20.3 Å². The number of thioether (sulfide) groups is 1. The predicted octanol–water partition coefficient (Wildman–Crippen LogP) is 2.51. The van der Waals surface area contributed by atoms with Crippen molar-refractivity contribution in [2.75, 3.05) is 35.3 Å². The largest absolute Gasteiger partial charge is 0.468 e. The van der Waals surface area contributed by atoms with Crippen LogP contribution in [0.25, 0.3) is 0 Å². The van der Waals surface area contributed by atoms with Crippen LogP contribution in [0.3, 0.4) is 0 Å². The average molecular weight is 485 g/mol. The van der Waals surface area contributed by atoms with Crippen molar-refractivity contribution in [2.45, 2.75) is 4.34 Å². The number of hydrogen-bond donors (Lipinski definition) is 1. The zero-order valence-corrected chi connectivity index (χ0v) is 18.5. The molecule has 1 aromatic heterocycles. The molecule has 2 rings (SSSR count). The number of amides is 1. The Labute approximate surface area is 179 Å². The summed E-state index contributed by atoms with van der Waals surface area (Å²) in [7, 11) is -2.55. The molecule has 1 heterocycles. The number of carbonyl (C=O) groups is 2. The second-order valence-electron chi connectivity index (χ2n) is 5.15. The summed E-state index contributed by atoms with van der Waals surface area (Å²) in [5.41, 5.74) is 0.0819. The number of hydrogen-bond acceptors (Lipinski definition) is 9. The number of sulfonamides is 1. The molecule has 0 atom stereocenters. The minimum absolute atomic E-state index is 0.0498. The Hall–Kier alpha value is -1.60. The number of rotatable bonds is 8. The predicted molar refractivity (Wildman–Crippen MR) is 110 cm³/mol. The number of aromatic nitrogens is 2. The van der Waals surface area contributed by atoms with E-state index in [1.54, 1.807) is 0 Å². The molecule has 28 heavy (non-hydrogen) atoms. The van der Waals surface area contributed by atoms with Crippen LogP contribution in [0.1, 0.15) is 0 Å². The normalized spacial score (nSPS) is 11.1. The molecule has 0 aliphatic carbocycles. The highest BCUT2D eigenvalue weighted by Crippen LogP contribution is 2.31. The van der Waals surface area contributed by atoms with Gasteiger partial charge >= 0.3 is 5.97 Å². The summed E-state index contributed by atoms with van der Waals surface area (Å²) in [4.78, 5) is 23.5. The monoisotopic (exact) mass is 484 g/mol. The summed E-state index contributed by atoms with van der Waals surface area (Å²) < 4.78 is 30.1. The molecular formula is C14H14Cl2N4O5S3. The van der Waals surface area contributed by atoms with E-state index in [0.717, 1.165) is 33.7 Å². The highest BCUT2D eigenvalue weighted by molar-refractivity contribution is 8.01. The minimum atomic E-state index is -3.82. The zero-order chi connectivity index (χ0) is 20.9. The number of esters is 1. The molecule has 9 nitrogen and oxygen atoms in total. The van der Waals surface area contributed by atoms with Gasteiger partial charge in [0.2, 0.25) is 21.1 Å². The van der Waals surface area contributed by atoms with Crippen molar-refractivity contribution in [3.8, 4) is 0 Å². The molecule has 152 valence electrons. The lowest BCUT2D eigenvalue weighted by Crippen LogP contribution is -2.37. The number of ether oxygens (including phenoxy) is 1. The lowest BCUT2D eigenvalue weighted by Gasteiger charge is -2.22. The maximum Gasteiger partial charge on any atom is 0.316 e. The molecule has 0 fully saturated rings. The van der Waals surface area contributed by atoms with E-state index in [9.17, 15) is 18.0 Å². The first-order valence-corrected chi connectivity index (χ1v) is 11.8. The van der Waals surface area contributed by atoms with E-state index >= 15 is 0 Å². The maximum atomic E-state index is 12.3. The van der Waals surface area contributed by atoms with Crippen LogP contribution in [-0.4, -0.2) is 56.2 Å². The second kappa shape index (κ2) is 9.74. The van der Waals surface area contributed by atoms with E-state index in [4.69, 9.17) is 23.2 Å². The lowest BCUT2D eigenvalue weighted by atomic mass is 10.3. The van der Waals surface area contributed by atoms with Gasteiger partial charge in [0, 0.05) is 5.02 Å². The number of nitrogens with zero attached hydrogens (tertiary/aromatic N) is 3. The number of halogens is 2. The summed E-state index contributed by atoms with van der Waals surface area (Å²) in [6, 6.07) is 4.29. The number of nitrogens with one attached hydrogen (secondary N) is 1. The SMILES string of the molecule is COC(=O)CSc1nnc(NC(=O)CN(c2cc(Cl)ccc2Cl)S(C)(=O)=O)s1. The lowest BCUT2D eigenvalue weighted by molar-refractivity contribution is -0.137. The van der Waals surface area contributed by atoms with Crippen molar-refractivity contribution in [3.63, 3.8) is 0 Å². The van der Waals surface area contributed by atoms with Crippen LogP contribution < -0.4 is 9.62 Å². The third kappa shape index (κ3) is 6.48. The fourth-order valence-electron chi connectivity index (χ4n) is 1.85. The van der Waals surface area contributed by atoms with Crippen LogP contribution in [0, 0.1) is 0 Å². The van der Waals surface area contributed by atoms with Crippen molar-refractivity contribution < 1.29 is 22.7 Å². The quantitative estimate of drug-likeness (QED) is 0.344. The molecule has 14 heteroatoms. The smallest absolute Gasteiger partial charge is 0.316 e. The summed E-state index contributed by atoms with van der Waals surface area (Å²) in [6.45, 7) is -0.539. The first-order valence-electron chi connectivity index (χ1n) is 7.36. The van der Waals surface area contributed by atoms with Crippen molar-refractivity contribution >= 4 is 79.0 Å². The fourth-order valence-corrected chi connectivity index (χ4v) is 4.74. The van der Waals surface area contributed by atoms with Gasteiger partial charge in [0.05, 0.1) is 29.8 Å². The van der Waals surface area contributed by atoms with E-state index in [-0.39, 0.29) is 26.6 Å². The number of benzene rings is 1. The van der Waals surface area contributed by atoms with Gasteiger partial charge in [-0.05, 0) is 18.2 Å². The van der Waals surface area contributed by atoms with E-state index in [1.165, 1.54) is 25.3 Å². The Morgan fingerprint density at radius 2 is 2.04 bits per heavy atom. The van der Waals surface area contributed by atoms with Gasteiger partial charge in [0.1, 0.15) is 6.54 Å². The first-order chi connectivity index (χ1) is 13.1. The minimum Gasteiger partial charge on any atom is -0.468 e. The second-order valence-corrected chi connectivity index (χ2v) is 10.1. The molecule has 0 radical (unpaired) electrons. The van der Waals surface area contributed by atoms with Gasteiger partial charge in [0.15, 0.2) is 4.34 Å². The Morgan fingerprint density at radius 1 is 1.32 bits per heavy atom. The third-order valence-electron chi connectivity index (χ3n) is 3.06. The Morgan fingerprint density at radius 3 is 2.68 bits per heavy atom. The summed E-state index contributed by atoms with van der Waals surface area (Å²) in [5, 5.41) is 10.6. The first kappa shape index (κ1) is 22.7. The number of anilines is 2. The van der Waals surface area contributed by atoms with Crippen LogP contribution in [0.15, 0.2) is 22.5 Å². The van der Waals surface area contributed by atoms with Gasteiger partial charge in [-0.15, -0.1) is 10.2 Å². The molecule has 0 aliphatic rings. The molecule has 2 aromatic rings. The number of methoxy groups -OCH3 is 1. The molecular weight excluding hydrogens is 471 g/mol. The van der Waals surface area contributed by atoms with E-state index < -0.39 is 28.4 Å². The van der Waals surface area contributed by atoms with Crippen LogP contribution in [-0.2, 0) is 24.3 Å². The molecule has 0 bridgehead atoms. The van der Waals surface area contributed by atoms with E-state index in [1.807, 2.05) is 0 Å². The molecule has 1 amide bonds. The molecule has 0 unspecified atom stereocenters. The average Bonchev–Trinajstić information content (AvgIpc) is 3.06. The molecule has 1 aromatic carbocycles. The maximum absolute atomic E-state index is 12.3. The summed E-state index contributed by atoms with van der Waals surface area (Å²) >= 11 is 14.1. The van der Waals surface area contributed by atoms with Gasteiger partial charge < -0.3 is 4.74 Å². The van der Waals surface area contributed by atoms with E-state index in [0.29, 0.717) is 4.34 Å². The summed E-state index contributed by atoms with van der Waals surface area (Å²) in [5.74, 6) is -1.02. The van der Waals surface area contributed by atoms with Crippen molar-refractivity contribution in [3.05, 3.63) is 28.2 Å². The molecule has 0 saturated heterocycles. The molecule has 0 saturated carbocycles. The van der Waals surface area contributed by atoms with Crippen molar-refractivity contribution in [2.24, 2.45) is 0 Å². The molecule has 1 N–H and O–H groups in total. The fraction of sp³-hybridized carbons (Fsp3) is 0.286. The van der Waals surface area contributed by atoms with Gasteiger partial charge in [-0.2, -0.15) is 0 Å².